The zero-order valence-electron chi connectivity index (χ0n) is 20.7. The molecule has 3 heterocycles. The molecule has 0 spiro atoms. The van der Waals surface area contributed by atoms with Gasteiger partial charge in [0.05, 0.1) is 5.69 Å². The molecule has 1 aromatic carbocycles. The van der Waals surface area contributed by atoms with E-state index in [1.807, 2.05) is 7.05 Å². The maximum atomic E-state index is 13.3. The molecule has 2 aliphatic rings. The first kappa shape index (κ1) is 28.7. The van der Waals surface area contributed by atoms with Gasteiger partial charge in [0.15, 0.2) is 10.8 Å². The van der Waals surface area contributed by atoms with Gasteiger partial charge >= 0.3 is 6.36 Å². The average Bonchev–Trinajstić information content (AvgIpc) is 3.57. The molecule has 1 aliphatic carbocycles. The Morgan fingerprint density at radius 2 is 1.79 bits per heavy atom. The molecule has 2 amide bonds. The summed E-state index contributed by atoms with van der Waals surface area (Å²) in [7, 11) is 2.00. The summed E-state index contributed by atoms with van der Waals surface area (Å²) in [6, 6.07) is 8.64. The summed E-state index contributed by atoms with van der Waals surface area (Å²) in [5.41, 5.74) is -0.428. The highest BCUT2D eigenvalue weighted by atomic mass is 35.5. The highest BCUT2D eigenvalue weighted by molar-refractivity contribution is 7.18. The predicted molar refractivity (Wildman–Crippen MR) is 141 cm³/mol. The number of carbonyl (C=O) groups excluding carboxylic acids is 2. The Balaban J connectivity index is 0.00000353. The van der Waals surface area contributed by atoms with Crippen LogP contribution in [0.5, 0.6) is 5.75 Å². The molecule has 1 aliphatic heterocycles. The van der Waals surface area contributed by atoms with Gasteiger partial charge in [-0.3, -0.25) is 24.8 Å². The lowest BCUT2D eigenvalue weighted by Crippen LogP contribution is -2.54. The second kappa shape index (κ2) is 11.4. The van der Waals surface area contributed by atoms with Crippen LogP contribution in [-0.4, -0.2) is 81.9 Å². The first-order valence-corrected chi connectivity index (χ1v) is 12.7. The third-order valence-corrected chi connectivity index (χ3v) is 7.36. The minimum atomic E-state index is -4.98. The van der Waals surface area contributed by atoms with Crippen LogP contribution in [-0.2, 0) is 4.79 Å². The Hall–Kier alpha value is -3.33. The van der Waals surface area contributed by atoms with Crippen LogP contribution in [0.1, 0.15) is 23.2 Å². The van der Waals surface area contributed by atoms with E-state index in [0.29, 0.717) is 36.6 Å². The van der Waals surface area contributed by atoms with Crippen molar-refractivity contribution in [2.75, 3.05) is 43.9 Å². The van der Waals surface area contributed by atoms with Gasteiger partial charge in [-0.2, -0.15) is 0 Å². The lowest BCUT2D eigenvalue weighted by Gasteiger charge is -2.37. The van der Waals surface area contributed by atoms with Gasteiger partial charge in [0.1, 0.15) is 11.2 Å². The minimum absolute atomic E-state index is 0. The standard InChI is InChI=1S/C24H24F3N7O3S.ClH/c1-33-10-12-34(13-11-33)23(7-8-23)21(36)29-17-14-15(5-6-18(17)37-24(25,26)27)19(35)30-22-32-31-20(38-22)16-4-2-3-9-28-16;/h2-6,9,14H,7-8,10-13H2,1H3,(H,29,36)(H,30,32,35);1H. The van der Waals surface area contributed by atoms with Crippen LogP contribution in [0.25, 0.3) is 10.7 Å². The molecule has 5 rings (SSSR count). The molecule has 1 saturated carbocycles. The molecular formula is C24H25ClF3N7O3S. The number of pyridine rings is 1. The smallest absolute Gasteiger partial charge is 0.404 e. The molecule has 2 aromatic heterocycles. The number of nitrogens with zero attached hydrogens (tertiary/aromatic N) is 5. The maximum Gasteiger partial charge on any atom is 0.573 e. The number of amides is 2. The predicted octanol–water partition coefficient (Wildman–Crippen LogP) is 3.89. The van der Waals surface area contributed by atoms with E-state index < -0.39 is 29.5 Å². The Morgan fingerprint density at radius 1 is 1.05 bits per heavy atom. The number of aromatic nitrogens is 3. The Labute approximate surface area is 232 Å². The first-order valence-electron chi connectivity index (χ1n) is 11.8. The summed E-state index contributed by atoms with van der Waals surface area (Å²) in [5.74, 6) is -1.66. The van der Waals surface area contributed by atoms with E-state index in [1.54, 1.807) is 24.4 Å². The number of piperazine rings is 1. The molecule has 15 heteroatoms. The third kappa shape index (κ3) is 6.64. The van der Waals surface area contributed by atoms with Gasteiger partial charge in [0.25, 0.3) is 5.91 Å². The van der Waals surface area contributed by atoms with E-state index >= 15 is 0 Å². The molecule has 3 aromatic rings. The van der Waals surface area contributed by atoms with Crippen LogP contribution in [0.2, 0.25) is 0 Å². The fourth-order valence-electron chi connectivity index (χ4n) is 4.30. The summed E-state index contributed by atoms with van der Waals surface area (Å²) in [5, 5.41) is 13.8. The summed E-state index contributed by atoms with van der Waals surface area (Å²) in [6.45, 7) is 2.95. The Morgan fingerprint density at radius 3 is 2.44 bits per heavy atom. The normalized spacial score (nSPS) is 17.1. The highest BCUT2D eigenvalue weighted by Crippen LogP contribution is 2.44. The van der Waals surface area contributed by atoms with Gasteiger partial charge < -0.3 is 15.0 Å². The average molecular weight is 584 g/mol. The van der Waals surface area contributed by atoms with Gasteiger partial charge in [-0.1, -0.05) is 17.4 Å². The molecule has 0 unspecified atom stereocenters. The SMILES string of the molecule is CN1CCN(C2(C(=O)Nc3cc(C(=O)Nc4nnc(-c5ccccn5)s4)ccc3OC(F)(F)F)CC2)CC1.Cl. The summed E-state index contributed by atoms with van der Waals surface area (Å²) >= 11 is 1.09. The van der Waals surface area contributed by atoms with Crippen molar-refractivity contribution in [2.24, 2.45) is 0 Å². The van der Waals surface area contributed by atoms with Gasteiger partial charge in [-0.25, -0.2) is 0 Å². The van der Waals surface area contributed by atoms with Crippen molar-refractivity contribution in [3.63, 3.8) is 0 Å². The topological polar surface area (TPSA) is 113 Å². The van der Waals surface area contributed by atoms with Gasteiger partial charge in [0, 0.05) is 37.9 Å². The van der Waals surface area contributed by atoms with E-state index in [4.69, 9.17) is 0 Å². The van der Waals surface area contributed by atoms with Crippen molar-refractivity contribution in [3.05, 3.63) is 48.2 Å². The fraction of sp³-hybridized carbons (Fsp3) is 0.375. The number of rotatable bonds is 7. The number of likely N-dealkylation sites (N-methyl/N-ethyl adjacent to an activating group) is 1. The second-order valence-corrected chi connectivity index (χ2v) is 10.1. The Bertz CT molecular complexity index is 1330. The molecule has 10 nitrogen and oxygen atoms in total. The van der Waals surface area contributed by atoms with Crippen LogP contribution in [0, 0.1) is 0 Å². The second-order valence-electron chi connectivity index (χ2n) is 9.12. The van der Waals surface area contributed by atoms with Gasteiger partial charge in [-0.15, -0.1) is 35.8 Å². The van der Waals surface area contributed by atoms with Crippen LogP contribution >= 0.6 is 23.7 Å². The van der Waals surface area contributed by atoms with Crippen LogP contribution in [0.3, 0.4) is 0 Å². The molecule has 0 atom stereocenters. The molecule has 39 heavy (non-hydrogen) atoms. The number of nitrogens with one attached hydrogen (secondary N) is 2. The van der Waals surface area contributed by atoms with E-state index in [9.17, 15) is 22.8 Å². The molecule has 0 radical (unpaired) electrons. The zero-order chi connectivity index (χ0) is 26.9. The molecule has 208 valence electrons. The third-order valence-electron chi connectivity index (χ3n) is 6.50. The summed E-state index contributed by atoms with van der Waals surface area (Å²) < 4.78 is 43.4. The van der Waals surface area contributed by atoms with E-state index in [-0.39, 0.29) is 28.8 Å². The molecule has 2 N–H and O–H groups in total. The first-order chi connectivity index (χ1) is 18.1. The summed E-state index contributed by atoms with van der Waals surface area (Å²) in [4.78, 5) is 34.6. The van der Waals surface area contributed by atoms with E-state index in [0.717, 1.165) is 36.6 Å². The fourth-order valence-corrected chi connectivity index (χ4v) is 5.01. The van der Waals surface area contributed by atoms with Crippen molar-refractivity contribution in [1.82, 2.24) is 25.0 Å². The summed E-state index contributed by atoms with van der Waals surface area (Å²) in [6.07, 6.45) is -2.17. The number of alkyl halides is 3. The maximum absolute atomic E-state index is 13.3. The van der Waals surface area contributed by atoms with Crippen LogP contribution in [0.15, 0.2) is 42.6 Å². The van der Waals surface area contributed by atoms with E-state index in [2.05, 4.69) is 40.4 Å². The molecule has 2 fully saturated rings. The lowest BCUT2D eigenvalue weighted by atomic mass is 10.1. The number of ether oxygens (including phenoxy) is 1. The van der Waals surface area contributed by atoms with Crippen molar-refractivity contribution in [2.45, 2.75) is 24.7 Å². The number of anilines is 2. The number of carbonyl (C=O) groups is 2. The number of benzene rings is 1. The highest BCUT2D eigenvalue weighted by Gasteiger charge is 2.55. The monoisotopic (exact) mass is 583 g/mol. The number of hydrogen-bond donors (Lipinski definition) is 2. The van der Waals surface area contributed by atoms with Crippen molar-refractivity contribution < 1.29 is 27.5 Å². The Kier molecular flexibility index (Phi) is 8.39. The largest absolute Gasteiger partial charge is 0.573 e. The van der Waals surface area contributed by atoms with Crippen molar-refractivity contribution >= 4 is 46.4 Å². The van der Waals surface area contributed by atoms with Crippen LogP contribution in [0.4, 0.5) is 24.0 Å². The molecular weight excluding hydrogens is 559 g/mol. The van der Waals surface area contributed by atoms with Gasteiger partial charge in [0.2, 0.25) is 11.0 Å². The molecule has 0 bridgehead atoms. The number of halogens is 4. The van der Waals surface area contributed by atoms with Crippen molar-refractivity contribution in [1.29, 1.82) is 0 Å². The quantitative estimate of drug-likeness (QED) is 0.431. The van der Waals surface area contributed by atoms with Crippen LogP contribution < -0.4 is 15.4 Å². The molecule has 1 saturated heterocycles. The zero-order valence-corrected chi connectivity index (χ0v) is 22.3. The number of hydrogen-bond acceptors (Lipinski definition) is 9. The van der Waals surface area contributed by atoms with Gasteiger partial charge in [-0.05, 0) is 50.2 Å². The van der Waals surface area contributed by atoms with Crippen molar-refractivity contribution in [3.8, 4) is 16.5 Å². The van der Waals surface area contributed by atoms with E-state index in [1.165, 1.54) is 6.07 Å². The lowest BCUT2D eigenvalue weighted by molar-refractivity contribution is -0.274. The minimum Gasteiger partial charge on any atom is -0.404 e.